The van der Waals surface area contributed by atoms with E-state index in [4.69, 9.17) is 4.74 Å². The molecule has 0 atom stereocenters. The predicted octanol–water partition coefficient (Wildman–Crippen LogP) is 1.17. The molecule has 0 saturated carbocycles. The highest BCUT2D eigenvalue weighted by atomic mass is 32.3. The van der Waals surface area contributed by atoms with Crippen molar-refractivity contribution in [2.75, 3.05) is 6.61 Å². The van der Waals surface area contributed by atoms with Crippen LogP contribution in [0.15, 0.2) is 38.9 Å². The fraction of sp³-hybridized carbons (Fsp3) is 0.167. The monoisotopic (exact) mass is 394 g/mol. The number of H-pyrrole nitrogens is 1. The lowest BCUT2D eigenvalue weighted by Crippen LogP contribution is -2.17. The van der Waals surface area contributed by atoms with Crippen LogP contribution in [-0.4, -0.2) is 49.0 Å². The summed E-state index contributed by atoms with van der Waals surface area (Å²) in [5.74, 6) is -0.880. The molecule has 11 nitrogen and oxygen atoms in total. The Balaban J connectivity index is 2.73. The van der Waals surface area contributed by atoms with Crippen molar-refractivity contribution < 1.29 is 36.2 Å². The first-order valence-corrected chi connectivity index (χ1v) is 9.51. The minimum atomic E-state index is -4.81. The first-order valence-electron chi connectivity index (χ1n) is 6.57. The van der Waals surface area contributed by atoms with Crippen molar-refractivity contribution in [1.29, 1.82) is 0 Å². The number of esters is 1. The van der Waals surface area contributed by atoms with Crippen molar-refractivity contribution in [2.24, 2.45) is 0 Å². The maximum Gasteiger partial charge on any atom is 0.356 e. The quantitative estimate of drug-likeness (QED) is 0.367. The van der Waals surface area contributed by atoms with Gasteiger partial charge in [-0.3, -0.25) is 14.4 Å². The fourth-order valence-corrected chi connectivity index (χ4v) is 3.12. The number of nitrogens with zero attached hydrogens (tertiary/aromatic N) is 1. The van der Waals surface area contributed by atoms with Crippen LogP contribution in [0, 0.1) is 0 Å². The zero-order chi connectivity index (χ0) is 19.0. The normalized spacial score (nSPS) is 12.8. The van der Waals surface area contributed by atoms with Gasteiger partial charge in [-0.15, -0.1) is 0 Å². The van der Waals surface area contributed by atoms with Crippen molar-refractivity contribution in [3.8, 4) is 5.69 Å². The maximum atomic E-state index is 12.1. The second-order valence-electron chi connectivity index (χ2n) is 4.69. The summed E-state index contributed by atoms with van der Waals surface area (Å²) in [6, 6.07) is 3.21. The number of nitrogens with one attached hydrogen (secondary N) is 1. The molecule has 0 aliphatic carbocycles. The number of hydrogen-bond donors (Lipinski definition) is 5. The van der Waals surface area contributed by atoms with Gasteiger partial charge in [0.1, 0.15) is 21.5 Å². The average molecular weight is 394 g/mol. The predicted molar refractivity (Wildman–Crippen MR) is 85.9 cm³/mol. The van der Waals surface area contributed by atoms with E-state index in [-0.39, 0.29) is 12.3 Å². The smallest absolute Gasteiger partial charge is 0.356 e. The van der Waals surface area contributed by atoms with E-state index in [1.807, 2.05) is 0 Å². The van der Waals surface area contributed by atoms with Crippen LogP contribution in [0.4, 0.5) is 0 Å². The summed E-state index contributed by atoms with van der Waals surface area (Å²) in [4.78, 5) is 22.4. The molecule has 0 saturated heterocycles. The van der Waals surface area contributed by atoms with E-state index >= 15 is 0 Å². The largest absolute Gasteiger partial charge is 0.461 e. The van der Waals surface area contributed by atoms with Crippen molar-refractivity contribution in [2.45, 2.75) is 16.7 Å². The molecule has 0 fully saturated rings. The Hall–Kier alpha value is -2.16. The van der Waals surface area contributed by atoms with E-state index in [2.05, 4.69) is 5.10 Å². The number of ether oxygens (including phenoxy) is 1. The van der Waals surface area contributed by atoms with Crippen LogP contribution in [0.25, 0.3) is 5.69 Å². The number of carbonyl (C=O) groups excluding carboxylic acids is 1. The van der Waals surface area contributed by atoms with E-state index in [1.54, 1.807) is 6.92 Å². The Morgan fingerprint density at radius 2 is 1.84 bits per heavy atom. The van der Waals surface area contributed by atoms with Gasteiger partial charge in [-0.2, -0.15) is 8.42 Å². The number of rotatable bonds is 5. The average Bonchev–Trinajstić information content (AvgIpc) is 2.87. The Labute approximate surface area is 142 Å². The summed E-state index contributed by atoms with van der Waals surface area (Å²) in [7, 11) is -9.04. The highest BCUT2D eigenvalue weighted by molar-refractivity contribution is 8.19. The molecule has 1 aromatic heterocycles. The van der Waals surface area contributed by atoms with E-state index < -0.39 is 48.0 Å². The van der Waals surface area contributed by atoms with Crippen LogP contribution in [0.3, 0.4) is 0 Å². The number of benzene rings is 1. The standard InChI is InChI=1S/C12H14N2O9S2/c1-2-23-12(16)8-6-11(15)14(13-8)9-5-7(24(17,18)19)3-4-10(9)25(20,21)22/h3-6,13,17-19H,2H2,1H3,(H,20,21,22). The third-order valence-corrected chi connectivity index (χ3v) is 4.77. The highest BCUT2D eigenvalue weighted by Crippen LogP contribution is 2.44. The lowest BCUT2D eigenvalue weighted by atomic mass is 10.3. The van der Waals surface area contributed by atoms with Gasteiger partial charge in [-0.1, -0.05) is 0 Å². The van der Waals surface area contributed by atoms with Crippen LogP contribution < -0.4 is 5.56 Å². The van der Waals surface area contributed by atoms with E-state index in [0.29, 0.717) is 4.68 Å². The van der Waals surface area contributed by atoms with Crippen LogP contribution >= 0.6 is 10.9 Å². The summed E-state index contributed by atoms with van der Waals surface area (Å²) in [6.45, 7) is 1.57. The minimum absolute atomic E-state index is 0.0310. The molecule has 5 N–H and O–H groups in total. The van der Waals surface area contributed by atoms with Crippen molar-refractivity contribution in [1.82, 2.24) is 9.78 Å². The van der Waals surface area contributed by atoms with Gasteiger partial charge < -0.3 is 18.4 Å². The molecule has 0 radical (unpaired) electrons. The summed E-state index contributed by atoms with van der Waals surface area (Å²) >= 11 is 0. The zero-order valence-electron chi connectivity index (χ0n) is 12.6. The van der Waals surface area contributed by atoms with Gasteiger partial charge in [0.25, 0.3) is 15.7 Å². The van der Waals surface area contributed by atoms with Gasteiger partial charge in [0.2, 0.25) is 0 Å². The molecule has 1 aromatic carbocycles. The molecule has 2 aromatic rings. The van der Waals surface area contributed by atoms with Crippen LogP contribution in [0.1, 0.15) is 17.4 Å². The van der Waals surface area contributed by atoms with Crippen LogP contribution in [0.5, 0.6) is 0 Å². The molecule has 0 aliphatic heterocycles. The Morgan fingerprint density at radius 3 is 2.36 bits per heavy atom. The molecule has 0 spiro atoms. The molecule has 25 heavy (non-hydrogen) atoms. The first kappa shape index (κ1) is 19.2. The molecule has 13 heteroatoms. The zero-order valence-corrected chi connectivity index (χ0v) is 14.2. The SMILES string of the molecule is CCOC(=O)c1cc(=O)n(-c2cc(S(O)(O)O)ccc2S(=O)(=O)O)[nH]1. The number of hydrogen-bond acceptors (Lipinski definition) is 8. The Bertz CT molecular complexity index is 969. The summed E-state index contributed by atoms with van der Waals surface area (Å²) < 4.78 is 65.4. The second-order valence-corrected chi connectivity index (χ2v) is 7.59. The Kier molecular flexibility index (Phi) is 5.08. The molecule has 2 rings (SSSR count). The maximum absolute atomic E-state index is 12.1. The summed E-state index contributed by atoms with van der Waals surface area (Å²) in [6.07, 6.45) is 0. The highest BCUT2D eigenvalue weighted by Gasteiger charge is 2.24. The fourth-order valence-electron chi connectivity index (χ4n) is 1.95. The molecule has 0 aliphatic rings. The third-order valence-electron chi connectivity index (χ3n) is 2.98. The van der Waals surface area contributed by atoms with Gasteiger partial charge in [0, 0.05) is 6.07 Å². The van der Waals surface area contributed by atoms with E-state index in [0.717, 1.165) is 24.3 Å². The summed E-state index contributed by atoms with van der Waals surface area (Å²) in [5.41, 5.74) is -1.72. The van der Waals surface area contributed by atoms with Crippen LogP contribution in [0.2, 0.25) is 0 Å². The third kappa shape index (κ3) is 4.09. The molecule has 0 amide bonds. The molecular weight excluding hydrogens is 380 g/mol. The van der Waals surface area contributed by atoms with Gasteiger partial charge in [-0.05, 0) is 25.1 Å². The van der Waals surface area contributed by atoms with Crippen molar-refractivity contribution in [3.05, 3.63) is 40.3 Å². The van der Waals surface area contributed by atoms with E-state index in [9.17, 15) is 36.2 Å². The topological polar surface area (TPSA) is 179 Å². The lowest BCUT2D eigenvalue weighted by molar-refractivity contribution is 0.0519. The van der Waals surface area contributed by atoms with Crippen molar-refractivity contribution >= 4 is 27.0 Å². The number of carbonyl (C=O) groups is 1. The molecule has 0 bridgehead atoms. The van der Waals surface area contributed by atoms with Gasteiger partial charge >= 0.3 is 5.97 Å². The Morgan fingerprint density at radius 1 is 1.20 bits per heavy atom. The van der Waals surface area contributed by atoms with Gasteiger partial charge in [0.05, 0.1) is 17.2 Å². The van der Waals surface area contributed by atoms with Gasteiger partial charge in [0.15, 0.2) is 0 Å². The molecule has 0 unspecified atom stereocenters. The second kappa shape index (κ2) is 6.62. The molecule has 138 valence electrons. The summed E-state index contributed by atoms with van der Waals surface area (Å²) in [5, 5.41) is 2.29. The first-order chi connectivity index (χ1) is 11.4. The number of aromatic nitrogens is 2. The lowest BCUT2D eigenvalue weighted by Gasteiger charge is -2.20. The molecular formula is C12H14N2O9S2. The minimum Gasteiger partial charge on any atom is -0.461 e. The van der Waals surface area contributed by atoms with Gasteiger partial charge in [-0.25, -0.2) is 9.48 Å². The number of aromatic amines is 1. The van der Waals surface area contributed by atoms with Crippen LogP contribution in [-0.2, 0) is 14.9 Å². The van der Waals surface area contributed by atoms with E-state index in [1.165, 1.54) is 0 Å². The van der Waals surface area contributed by atoms with Crippen molar-refractivity contribution in [3.63, 3.8) is 0 Å². The molecule has 1 heterocycles.